The van der Waals surface area contributed by atoms with Gasteiger partial charge in [-0.25, -0.2) is 0 Å². The quantitative estimate of drug-likeness (QED) is 0.0261. The molecular weight excluding hydrogens is 913 g/mol. The van der Waals surface area contributed by atoms with Gasteiger partial charge in [-0.1, -0.05) is 308 Å². The van der Waals surface area contributed by atoms with Gasteiger partial charge in [0.2, 0.25) is 0 Å². The fraction of sp³-hybridized carbons (Fsp3) is 0.868. The number of esters is 3. The summed E-state index contributed by atoms with van der Waals surface area (Å²) in [5, 5.41) is 0. The van der Waals surface area contributed by atoms with E-state index >= 15 is 0 Å². The number of hydrogen-bond acceptors (Lipinski definition) is 6. The molecule has 0 aromatic heterocycles. The van der Waals surface area contributed by atoms with Crippen molar-refractivity contribution >= 4 is 17.9 Å². The van der Waals surface area contributed by atoms with E-state index in [0.29, 0.717) is 19.3 Å². The summed E-state index contributed by atoms with van der Waals surface area (Å²) in [5.74, 6) is -0.870. The summed E-state index contributed by atoms with van der Waals surface area (Å²) in [7, 11) is 0. The molecule has 0 spiro atoms. The number of hydrogen-bond donors (Lipinski definition) is 0. The molecule has 0 heterocycles. The first-order chi connectivity index (χ1) is 36.5. The summed E-state index contributed by atoms with van der Waals surface area (Å²) >= 11 is 0. The Morgan fingerprint density at radius 3 is 0.811 bits per heavy atom. The van der Waals surface area contributed by atoms with E-state index in [2.05, 4.69) is 57.2 Å². The molecule has 0 radical (unpaired) electrons. The SMILES string of the molecule is CCC/C=C\C/C=C\CCCCCCCC(=O)OCC(COC(=O)CCCCCCCCCCCCCCCCCCCCCCCCCCC)OC(=O)CCCCCCCCC/C=C\CCCCCCCCC. The maximum atomic E-state index is 12.9. The van der Waals surface area contributed by atoms with E-state index in [9.17, 15) is 14.4 Å². The first-order valence-corrected chi connectivity index (χ1v) is 33.0. The second-order valence-corrected chi connectivity index (χ2v) is 22.4. The molecule has 0 saturated carbocycles. The third-order valence-electron chi connectivity index (χ3n) is 14.8. The zero-order valence-corrected chi connectivity index (χ0v) is 49.9. The lowest BCUT2D eigenvalue weighted by atomic mass is 10.0. The van der Waals surface area contributed by atoms with E-state index < -0.39 is 6.10 Å². The zero-order valence-electron chi connectivity index (χ0n) is 49.9. The molecule has 0 aromatic carbocycles. The minimum absolute atomic E-state index is 0.0743. The summed E-state index contributed by atoms with van der Waals surface area (Å²) in [6, 6.07) is 0. The molecule has 0 saturated heterocycles. The van der Waals surface area contributed by atoms with E-state index in [1.807, 2.05) is 0 Å². The lowest BCUT2D eigenvalue weighted by Gasteiger charge is -2.18. The molecule has 74 heavy (non-hydrogen) atoms. The molecule has 0 fully saturated rings. The molecule has 6 heteroatoms. The highest BCUT2D eigenvalue weighted by Gasteiger charge is 2.19. The van der Waals surface area contributed by atoms with Gasteiger partial charge in [-0.05, 0) is 70.6 Å². The summed E-state index contributed by atoms with van der Waals surface area (Å²) in [5.41, 5.74) is 0. The Hall–Kier alpha value is -2.37. The van der Waals surface area contributed by atoms with Crippen molar-refractivity contribution in [1.82, 2.24) is 0 Å². The molecule has 0 N–H and O–H groups in total. The first-order valence-electron chi connectivity index (χ1n) is 33.0. The number of carbonyl (C=O) groups excluding carboxylic acids is 3. The van der Waals surface area contributed by atoms with E-state index in [1.54, 1.807) is 0 Å². The van der Waals surface area contributed by atoms with Crippen LogP contribution in [0.4, 0.5) is 0 Å². The number of allylic oxidation sites excluding steroid dienone is 6. The van der Waals surface area contributed by atoms with Crippen LogP contribution in [0.1, 0.15) is 361 Å². The second kappa shape index (κ2) is 63.2. The Balaban J connectivity index is 4.24. The van der Waals surface area contributed by atoms with Gasteiger partial charge < -0.3 is 14.2 Å². The summed E-state index contributed by atoms with van der Waals surface area (Å²) in [6.45, 7) is 6.62. The molecule has 434 valence electrons. The number of unbranched alkanes of at least 4 members (excludes halogenated alkanes) is 44. The van der Waals surface area contributed by atoms with Gasteiger partial charge in [0.1, 0.15) is 13.2 Å². The van der Waals surface area contributed by atoms with Crippen molar-refractivity contribution in [2.24, 2.45) is 0 Å². The van der Waals surface area contributed by atoms with Crippen molar-refractivity contribution in [3.05, 3.63) is 36.5 Å². The highest BCUT2D eigenvalue weighted by atomic mass is 16.6. The van der Waals surface area contributed by atoms with Crippen LogP contribution in [0.15, 0.2) is 36.5 Å². The highest BCUT2D eigenvalue weighted by molar-refractivity contribution is 5.71. The van der Waals surface area contributed by atoms with E-state index in [-0.39, 0.29) is 31.1 Å². The van der Waals surface area contributed by atoms with Crippen LogP contribution in [0.5, 0.6) is 0 Å². The Morgan fingerprint density at radius 1 is 0.270 bits per heavy atom. The minimum atomic E-state index is -0.778. The maximum Gasteiger partial charge on any atom is 0.306 e. The third-order valence-corrected chi connectivity index (χ3v) is 14.8. The lowest BCUT2D eigenvalue weighted by molar-refractivity contribution is -0.167. The molecular formula is C68H126O6. The van der Waals surface area contributed by atoms with Gasteiger partial charge in [0.05, 0.1) is 0 Å². The average Bonchev–Trinajstić information content (AvgIpc) is 3.40. The van der Waals surface area contributed by atoms with Crippen LogP contribution in [-0.4, -0.2) is 37.2 Å². The highest BCUT2D eigenvalue weighted by Crippen LogP contribution is 2.18. The Bertz CT molecular complexity index is 1240. The Morgan fingerprint density at radius 2 is 0.514 bits per heavy atom. The maximum absolute atomic E-state index is 12.9. The predicted octanol–water partition coefficient (Wildman–Crippen LogP) is 22.4. The summed E-state index contributed by atoms with van der Waals surface area (Å²) in [6.07, 6.45) is 77.4. The monoisotopic (exact) mass is 1040 g/mol. The normalized spacial score (nSPS) is 12.2. The van der Waals surface area contributed by atoms with Gasteiger partial charge in [0.15, 0.2) is 6.10 Å². The standard InChI is InChI=1S/C68H126O6/c1-4-7-10-13-16-19-22-25-27-29-31-32-33-34-35-36-37-39-40-43-46-49-52-55-58-61-67(70)73-64-65(63-72-66(69)60-57-54-51-48-45-42-24-21-18-15-12-9-6-3)74-68(71)62-59-56-53-50-47-44-41-38-30-28-26-23-20-17-14-11-8-5-2/h12,15,21,24,28,30,65H,4-11,13-14,16-20,22-23,25-27,29,31-64H2,1-3H3/b15-12-,24-21-,30-28-. The Labute approximate surface area is 461 Å². The molecule has 1 unspecified atom stereocenters. The zero-order chi connectivity index (χ0) is 53.6. The Kier molecular flexibility index (Phi) is 61.1. The average molecular weight is 1040 g/mol. The second-order valence-electron chi connectivity index (χ2n) is 22.4. The minimum Gasteiger partial charge on any atom is -0.462 e. The van der Waals surface area contributed by atoms with Crippen molar-refractivity contribution in [2.75, 3.05) is 13.2 Å². The molecule has 0 aliphatic carbocycles. The predicted molar refractivity (Wildman–Crippen MR) is 321 cm³/mol. The van der Waals surface area contributed by atoms with E-state index in [1.165, 1.54) is 238 Å². The number of carbonyl (C=O) groups is 3. The molecule has 1 atom stereocenters. The van der Waals surface area contributed by atoms with Crippen LogP contribution in [-0.2, 0) is 28.6 Å². The molecule has 0 aliphatic rings. The summed E-state index contributed by atoms with van der Waals surface area (Å²) < 4.78 is 16.9. The number of rotatable bonds is 61. The summed E-state index contributed by atoms with van der Waals surface area (Å²) in [4.78, 5) is 38.3. The molecule has 0 amide bonds. The fourth-order valence-corrected chi connectivity index (χ4v) is 9.89. The smallest absolute Gasteiger partial charge is 0.306 e. The molecule has 6 nitrogen and oxygen atoms in total. The molecule has 0 aromatic rings. The van der Waals surface area contributed by atoms with Gasteiger partial charge in [-0.3, -0.25) is 14.4 Å². The van der Waals surface area contributed by atoms with Crippen LogP contribution in [0.3, 0.4) is 0 Å². The van der Waals surface area contributed by atoms with Gasteiger partial charge in [0.25, 0.3) is 0 Å². The molecule has 0 bridgehead atoms. The number of ether oxygens (including phenoxy) is 3. The van der Waals surface area contributed by atoms with Gasteiger partial charge >= 0.3 is 17.9 Å². The van der Waals surface area contributed by atoms with Crippen molar-refractivity contribution in [3.63, 3.8) is 0 Å². The van der Waals surface area contributed by atoms with Crippen molar-refractivity contribution < 1.29 is 28.6 Å². The van der Waals surface area contributed by atoms with Gasteiger partial charge in [-0.15, -0.1) is 0 Å². The van der Waals surface area contributed by atoms with Crippen molar-refractivity contribution in [3.8, 4) is 0 Å². The largest absolute Gasteiger partial charge is 0.462 e. The third kappa shape index (κ3) is 60.5. The van der Waals surface area contributed by atoms with Crippen molar-refractivity contribution in [2.45, 2.75) is 367 Å². The van der Waals surface area contributed by atoms with Crippen LogP contribution < -0.4 is 0 Å². The van der Waals surface area contributed by atoms with Gasteiger partial charge in [-0.2, -0.15) is 0 Å². The van der Waals surface area contributed by atoms with E-state index in [4.69, 9.17) is 14.2 Å². The molecule has 0 aliphatic heterocycles. The first kappa shape index (κ1) is 71.6. The molecule has 0 rings (SSSR count). The fourth-order valence-electron chi connectivity index (χ4n) is 9.89. The van der Waals surface area contributed by atoms with Gasteiger partial charge in [0, 0.05) is 19.3 Å². The van der Waals surface area contributed by atoms with Crippen LogP contribution in [0.25, 0.3) is 0 Å². The van der Waals surface area contributed by atoms with Crippen LogP contribution in [0.2, 0.25) is 0 Å². The van der Waals surface area contributed by atoms with Crippen molar-refractivity contribution in [1.29, 1.82) is 0 Å². The van der Waals surface area contributed by atoms with Crippen LogP contribution in [0, 0.1) is 0 Å². The lowest BCUT2D eigenvalue weighted by Crippen LogP contribution is -2.30. The topological polar surface area (TPSA) is 78.9 Å². The van der Waals surface area contributed by atoms with E-state index in [0.717, 1.165) is 83.5 Å². The van der Waals surface area contributed by atoms with Crippen LogP contribution >= 0.6 is 0 Å².